The molecule has 0 aliphatic carbocycles. The zero-order chi connectivity index (χ0) is 11.7. The third-order valence-corrected chi connectivity index (χ3v) is 3.32. The van der Waals surface area contributed by atoms with Crippen LogP contribution < -0.4 is 5.73 Å². The van der Waals surface area contributed by atoms with Gasteiger partial charge in [0.25, 0.3) is 0 Å². The lowest BCUT2D eigenvalue weighted by Gasteiger charge is -2.03. The predicted octanol–water partition coefficient (Wildman–Crippen LogP) is 3.01. The molecule has 0 atom stereocenters. The van der Waals surface area contributed by atoms with Gasteiger partial charge in [-0.3, -0.25) is 4.79 Å². The van der Waals surface area contributed by atoms with E-state index in [9.17, 15) is 9.18 Å². The van der Waals surface area contributed by atoms with E-state index in [2.05, 4.69) is 0 Å². The van der Waals surface area contributed by atoms with Crippen molar-refractivity contribution < 1.29 is 9.18 Å². The van der Waals surface area contributed by atoms with Gasteiger partial charge in [0.1, 0.15) is 5.82 Å². The number of rotatable bonds is 2. The first-order valence-corrected chi connectivity index (χ1v) is 5.61. The van der Waals surface area contributed by atoms with Crippen LogP contribution in [0.1, 0.15) is 20.8 Å². The lowest BCUT2D eigenvalue weighted by molar-refractivity contribution is 0.103. The van der Waals surface area contributed by atoms with Crippen molar-refractivity contribution in [2.75, 3.05) is 5.73 Å². The Morgan fingerprint density at radius 3 is 2.75 bits per heavy atom. The number of nitrogen functional groups attached to an aromatic ring is 1. The molecule has 0 bridgehead atoms. The minimum absolute atomic E-state index is 0.0329. The van der Waals surface area contributed by atoms with Crippen molar-refractivity contribution in [2.24, 2.45) is 0 Å². The first-order valence-electron chi connectivity index (χ1n) is 4.73. The standard InChI is InChI=1S/C12H10FNOS/c1-7-4-5-16-12(7)11(15)9-6-8(14)2-3-10(9)13/h2-6H,14H2,1H3. The molecule has 82 valence electrons. The fourth-order valence-corrected chi connectivity index (χ4v) is 2.32. The van der Waals surface area contributed by atoms with E-state index in [1.807, 2.05) is 18.4 Å². The Bertz CT molecular complexity index is 548. The molecular formula is C12H10FNOS. The van der Waals surface area contributed by atoms with E-state index in [0.29, 0.717) is 10.6 Å². The Morgan fingerprint density at radius 1 is 1.38 bits per heavy atom. The number of benzene rings is 1. The number of nitrogens with two attached hydrogens (primary N) is 1. The molecular weight excluding hydrogens is 225 g/mol. The van der Waals surface area contributed by atoms with Crippen LogP contribution in [-0.2, 0) is 0 Å². The summed E-state index contributed by atoms with van der Waals surface area (Å²) in [5, 5.41) is 1.81. The van der Waals surface area contributed by atoms with E-state index in [-0.39, 0.29) is 11.3 Å². The monoisotopic (exact) mass is 235 g/mol. The summed E-state index contributed by atoms with van der Waals surface area (Å²) >= 11 is 1.31. The fraction of sp³-hybridized carbons (Fsp3) is 0.0833. The van der Waals surface area contributed by atoms with Gasteiger partial charge in [-0.15, -0.1) is 11.3 Å². The van der Waals surface area contributed by atoms with Crippen LogP contribution in [0.4, 0.5) is 10.1 Å². The summed E-state index contributed by atoms with van der Waals surface area (Å²) in [4.78, 5) is 12.6. The second-order valence-electron chi connectivity index (χ2n) is 3.50. The average molecular weight is 235 g/mol. The molecule has 1 aromatic carbocycles. The molecule has 4 heteroatoms. The molecule has 0 saturated heterocycles. The van der Waals surface area contributed by atoms with Crippen molar-refractivity contribution in [3.05, 3.63) is 51.5 Å². The number of ketones is 1. The minimum atomic E-state index is -0.535. The number of aryl methyl sites for hydroxylation is 1. The Labute approximate surface area is 96.5 Å². The molecule has 0 aliphatic rings. The third kappa shape index (κ3) is 1.84. The first kappa shape index (κ1) is 10.8. The average Bonchev–Trinajstić information content (AvgIpc) is 2.67. The van der Waals surface area contributed by atoms with E-state index in [1.54, 1.807) is 0 Å². The molecule has 0 unspecified atom stereocenters. The maximum absolute atomic E-state index is 13.5. The van der Waals surface area contributed by atoms with Crippen molar-refractivity contribution in [3.8, 4) is 0 Å². The summed E-state index contributed by atoms with van der Waals surface area (Å²) in [6.45, 7) is 1.83. The second kappa shape index (κ2) is 4.06. The molecule has 0 saturated carbocycles. The van der Waals surface area contributed by atoms with Crippen LogP contribution in [0.5, 0.6) is 0 Å². The van der Waals surface area contributed by atoms with Gasteiger partial charge in [0, 0.05) is 5.69 Å². The Balaban J connectivity index is 2.49. The highest BCUT2D eigenvalue weighted by Crippen LogP contribution is 2.22. The quantitative estimate of drug-likeness (QED) is 0.642. The largest absolute Gasteiger partial charge is 0.399 e. The normalized spacial score (nSPS) is 10.4. The molecule has 0 spiro atoms. The number of hydrogen-bond donors (Lipinski definition) is 1. The van der Waals surface area contributed by atoms with Gasteiger partial charge < -0.3 is 5.73 Å². The summed E-state index contributed by atoms with van der Waals surface area (Å²) in [5.41, 5.74) is 6.82. The van der Waals surface area contributed by atoms with Gasteiger partial charge in [0.2, 0.25) is 5.78 Å². The molecule has 2 nitrogen and oxygen atoms in total. The number of carbonyl (C=O) groups excluding carboxylic acids is 1. The molecule has 1 aromatic heterocycles. The summed E-state index contributed by atoms with van der Waals surface area (Å²) in [6.07, 6.45) is 0. The lowest BCUT2D eigenvalue weighted by atomic mass is 10.1. The van der Waals surface area contributed by atoms with Gasteiger partial charge in [-0.05, 0) is 42.1 Å². The Hall–Kier alpha value is -1.68. The minimum Gasteiger partial charge on any atom is -0.399 e. The van der Waals surface area contributed by atoms with Gasteiger partial charge in [-0.1, -0.05) is 0 Å². The van der Waals surface area contributed by atoms with Crippen LogP contribution >= 0.6 is 11.3 Å². The van der Waals surface area contributed by atoms with Gasteiger partial charge in [-0.25, -0.2) is 4.39 Å². The highest BCUT2D eigenvalue weighted by molar-refractivity contribution is 7.12. The van der Waals surface area contributed by atoms with E-state index in [1.165, 1.54) is 29.5 Å². The fourth-order valence-electron chi connectivity index (χ4n) is 1.44. The SMILES string of the molecule is Cc1ccsc1C(=O)c1cc(N)ccc1F. The second-order valence-corrected chi connectivity index (χ2v) is 4.42. The molecule has 0 fully saturated rings. The van der Waals surface area contributed by atoms with Crippen molar-refractivity contribution in [1.29, 1.82) is 0 Å². The first-order chi connectivity index (χ1) is 7.59. The lowest BCUT2D eigenvalue weighted by Crippen LogP contribution is -2.04. The third-order valence-electron chi connectivity index (χ3n) is 2.30. The molecule has 0 amide bonds. The summed E-state index contributed by atoms with van der Waals surface area (Å²) in [5.74, 6) is -0.843. The number of anilines is 1. The topological polar surface area (TPSA) is 43.1 Å². The van der Waals surface area contributed by atoms with Gasteiger partial charge in [0.05, 0.1) is 10.4 Å². The highest BCUT2D eigenvalue weighted by atomic mass is 32.1. The number of halogens is 1. The molecule has 1 heterocycles. The molecule has 2 aromatic rings. The van der Waals surface area contributed by atoms with Crippen LogP contribution in [-0.4, -0.2) is 5.78 Å². The number of hydrogen-bond acceptors (Lipinski definition) is 3. The Kier molecular flexibility index (Phi) is 2.75. The summed E-state index contributed by atoms with van der Waals surface area (Å²) < 4.78 is 13.5. The van der Waals surface area contributed by atoms with Crippen LogP contribution in [0.3, 0.4) is 0 Å². The smallest absolute Gasteiger partial charge is 0.206 e. The van der Waals surface area contributed by atoms with Crippen LogP contribution in [0.15, 0.2) is 29.6 Å². The molecule has 0 aliphatic heterocycles. The number of carbonyl (C=O) groups is 1. The Morgan fingerprint density at radius 2 is 2.12 bits per heavy atom. The van der Waals surface area contributed by atoms with Crippen molar-refractivity contribution >= 4 is 22.8 Å². The molecule has 2 N–H and O–H groups in total. The van der Waals surface area contributed by atoms with Crippen molar-refractivity contribution in [1.82, 2.24) is 0 Å². The maximum atomic E-state index is 13.5. The summed E-state index contributed by atoms with van der Waals surface area (Å²) in [7, 11) is 0. The van der Waals surface area contributed by atoms with Gasteiger partial charge >= 0.3 is 0 Å². The van der Waals surface area contributed by atoms with Gasteiger partial charge in [0.15, 0.2) is 0 Å². The zero-order valence-electron chi connectivity index (χ0n) is 8.66. The van der Waals surface area contributed by atoms with Crippen LogP contribution in [0.2, 0.25) is 0 Å². The van der Waals surface area contributed by atoms with Gasteiger partial charge in [-0.2, -0.15) is 0 Å². The van der Waals surface area contributed by atoms with E-state index in [0.717, 1.165) is 5.56 Å². The summed E-state index contributed by atoms with van der Waals surface area (Å²) in [6, 6.07) is 5.86. The molecule has 0 radical (unpaired) electrons. The van der Waals surface area contributed by atoms with Crippen LogP contribution in [0, 0.1) is 12.7 Å². The predicted molar refractivity (Wildman–Crippen MR) is 63.3 cm³/mol. The zero-order valence-corrected chi connectivity index (χ0v) is 9.48. The number of thiophene rings is 1. The van der Waals surface area contributed by atoms with Crippen molar-refractivity contribution in [2.45, 2.75) is 6.92 Å². The molecule has 16 heavy (non-hydrogen) atoms. The van der Waals surface area contributed by atoms with Crippen molar-refractivity contribution in [3.63, 3.8) is 0 Å². The highest BCUT2D eigenvalue weighted by Gasteiger charge is 2.17. The van der Waals surface area contributed by atoms with E-state index < -0.39 is 5.82 Å². The van der Waals surface area contributed by atoms with E-state index >= 15 is 0 Å². The van der Waals surface area contributed by atoms with E-state index in [4.69, 9.17) is 5.73 Å². The maximum Gasteiger partial charge on any atom is 0.206 e. The molecule has 2 rings (SSSR count). The van der Waals surface area contributed by atoms with Crippen LogP contribution in [0.25, 0.3) is 0 Å².